The lowest BCUT2D eigenvalue weighted by molar-refractivity contribution is 0.414. The third-order valence-electron chi connectivity index (χ3n) is 3.29. The van der Waals surface area contributed by atoms with Crippen molar-refractivity contribution < 1.29 is 4.74 Å². The molecule has 0 radical (unpaired) electrons. The standard InChI is InChI=1S/C16H17BrClNO/c1-10-6-14(20-3)4-5-15(10)16(19-2)11-7-12(17)9-13(18)8-11/h4-9,16,19H,1-3H3. The number of hydrogen-bond donors (Lipinski definition) is 1. The zero-order valence-corrected chi connectivity index (χ0v) is 14.0. The van der Waals surface area contributed by atoms with Crippen molar-refractivity contribution in [2.75, 3.05) is 14.2 Å². The van der Waals surface area contributed by atoms with E-state index in [1.54, 1.807) is 7.11 Å². The molecule has 0 heterocycles. The number of methoxy groups -OCH3 is 1. The van der Waals surface area contributed by atoms with E-state index in [1.165, 1.54) is 11.1 Å². The first-order valence-corrected chi connectivity index (χ1v) is 7.50. The molecule has 2 aromatic carbocycles. The van der Waals surface area contributed by atoms with Crippen LogP contribution in [-0.2, 0) is 0 Å². The van der Waals surface area contributed by atoms with Crippen LogP contribution in [0.4, 0.5) is 0 Å². The number of rotatable bonds is 4. The van der Waals surface area contributed by atoms with E-state index in [0.717, 1.165) is 20.8 Å². The van der Waals surface area contributed by atoms with Crippen LogP contribution in [0.25, 0.3) is 0 Å². The monoisotopic (exact) mass is 353 g/mol. The second-order valence-corrected chi connectivity index (χ2v) is 6.00. The average molecular weight is 355 g/mol. The summed E-state index contributed by atoms with van der Waals surface area (Å²) in [6.07, 6.45) is 0. The van der Waals surface area contributed by atoms with Gasteiger partial charge in [-0.05, 0) is 61.0 Å². The molecule has 0 saturated heterocycles. The molecule has 20 heavy (non-hydrogen) atoms. The van der Waals surface area contributed by atoms with E-state index >= 15 is 0 Å². The fourth-order valence-corrected chi connectivity index (χ4v) is 3.23. The molecule has 0 bridgehead atoms. The lowest BCUT2D eigenvalue weighted by atomic mass is 9.95. The zero-order valence-electron chi connectivity index (χ0n) is 11.7. The maximum Gasteiger partial charge on any atom is 0.119 e. The van der Waals surface area contributed by atoms with Crippen LogP contribution >= 0.6 is 27.5 Å². The van der Waals surface area contributed by atoms with Crippen molar-refractivity contribution >= 4 is 27.5 Å². The maximum atomic E-state index is 6.15. The third-order valence-corrected chi connectivity index (χ3v) is 3.97. The van der Waals surface area contributed by atoms with Gasteiger partial charge in [-0.25, -0.2) is 0 Å². The van der Waals surface area contributed by atoms with Gasteiger partial charge in [0.15, 0.2) is 0 Å². The minimum atomic E-state index is 0.0934. The number of ether oxygens (including phenoxy) is 1. The van der Waals surface area contributed by atoms with Crippen molar-refractivity contribution in [2.45, 2.75) is 13.0 Å². The van der Waals surface area contributed by atoms with E-state index in [-0.39, 0.29) is 6.04 Å². The van der Waals surface area contributed by atoms with Crippen molar-refractivity contribution in [1.29, 1.82) is 0 Å². The van der Waals surface area contributed by atoms with Crippen LogP contribution in [0, 0.1) is 6.92 Å². The summed E-state index contributed by atoms with van der Waals surface area (Å²) in [5.74, 6) is 0.869. The van der Waals surface area contributed by atoms with Crippen LogP contribution in [-0.4, -0.2) is 14.2 Å². The van der Waals surface area contributed by atoms with E-state index in [0.29, 0.717) is 0 Å². The van der Waals surface area contributed by atoms with E-state index in [4.69, 9.17) is 16.3 Å². The molecular weight excluding hydrogens is 338 g/mol. The molecule has 2 aromatic rings. The Bertz CT molecular complexity index is 595. The van der Waals surface area contributed by atoms with Crippen LogP contribution in [0.3, 0.4) is 0 Å². The summed E-state index contributed by atoms with van der Waals surface area (Å²) in [6.45, 7) is 2.09. The Kier molecular flexibility index (Phi) is 5.08. The molecule has 1 N–H and O–H groups in total. The van der Waals surface area contributed by atoms with Gasteiger partial charge in [-0.3, -0.25) is 0 Å². The van der Waals surface area contributed by atoms with Crippen LogP contribution in [0.5, 0.6) is 5.75 Å². The Labute approximate surface area is 133 Å². The molecule has 2 nitrogen and oxygen atoms in total. The highest BCUT2D eigenvalue weighted by atomic mass is 79.9. The minimum Gasteiger partial charge on any atom is -0.497 e. The largest absolute Gasteiger partial charge is 0.497 e. The molecule has 0 aliphatic heterocycles. The van der Waals surface area contributed by atoms with Crippen molar-refractivity contribution in [3.8, 4) is 5.75 Å². The topological polar surface area (TPSA) is 21.3 Å². The van der Waals surface area contributed by atoms with Crippen LogP contribution in [0.15, 0.2) is 40.9 Å². The molecule has 0 amide bonds. The second-order valence-electron chi connectivity index (χ2n) is 4.65. The maximum absolute atomic E-state index is 6.15. The molecule has 0 aliphatic rings. The molecule has 0 aliphatic carbocycles. The molecule has 0 fully saturated rings. The van der Waals surface area contributed by atoms with Gasteiger partial charge >= 0.3 is 0 Å². The van der Waals surface area contributed by atoms with Gasteiger partial charge in [-0.1, -0.05) is 33.6 Å². The minimum absolute atomic E-state index is 0.0934. The van der Waals surface area contributed by atoms with E-state index in [1.807, 2.05) is 31.3 Å². The summed E-state index contributed by atoms with van der Waals surface area (Å²) < 4.78 is 6.24. The number of aryl methyl sites for hydroxylation is 1. The highest BCUT2D eigenvalue weighted by Gasteiger charge is 2.15. The lowest BCUT2D eigenvalue weighted by Crippen LogP contribution is -2.18. The average Bonchev–Trinajstić information content (AvgIpc) is 2.40. The van der Waals surface area contributed by atoms with Gasteiger partial charge in [0.25, 0.3) is 0 Å². The molecule has 1 unspecified atom stereocenters. The Morgan fingerprint density at radius 1 is 1.20 bits per heavy atom. The Morgan fingerprint density at radius 2 is 1.95 bits per heavy atom. The summed E-state index contributed by atoms with van der Waals surface area (Å²) in [7, 11) is 3.63. The molecule has 2 rings (SSSR count). The second kappa shape index (κ2) is 6.61. The molecule has 0 aromatic heterocycles. The predicted molar refractivity (Wildman–Crippen MR) is 87.8 cm³/mol. The lowest BCUT2D eigenvalue weighted by Gasteiger charge is -2.20. The molecule has 0 saturated carbocycles. The van der Waals surface area contributed by atoms with Gasteiger partial charge in [0.1, 0.15) is 5.75 Å². The highest BCUT2D eigenvalue weighted by Crippen LogP contribution is 2.30. The zero-order chi connectivity index (χ0) is 14.7. The quantitative estimate of drug-likeness (QED) is 0.857. The first-order valence-electron chi connectivity index (χ1n) is 6.33. The fourth-order valence-electron chi connectivity index (χ4n) is 2.34. The van der Waals surface area contributed by atoms with Crippen molar-refractivity contribution in [1.82, 2.24) is 5.32 Å². The van der Waals surface area contributed by atoms with E-state index in [2.05, 4.69) is 40.3 Å². The van der Waals surface area contributed by atoms with Gasteiger partial charge in [-0.15, -0.1) is 0 Å². The summed E-state index contributed by atoms with van der Waals surface area (Å²) in [6, 6.07) is 12.2. The number of benzene rings is 2. The molecule has 0 spiro atoms. The summed E-state index contributed by atoms with van der Waals surface area (Å²) in [5.41, 5.74) is 3.52. The van der Waals surface area contributed by atoms with Gasteiger partial charge in [0, 0.05) is 9.50 Å². The first kappa shape index (κ1) is 15.4. The molecule has 106 valence electrons. The SMILES string of the molecule is CNC(c1cc(Cl)cc(Br)c1)c1ccc(OC)cc1C. The number of hydrogen-bond acceptors (Lipinski definition) is 2. The van der Waals surface area contributed by atoms with Crippen LogP contribution in [0.1, 0.15) is 22.7 Å². The van der Waals surface area contributed by atoms with Crippen LogP contribution in [0.2, 0.25) is 5.02 Å². The smallest absolute Gasteiger partial charge is 0.119 e. The Hall–Kier alpha value is -1.03. The normalized spacial score (nSPS) is 12.2. The van der Waals surface area contributed by atoms with Crippen molar-refractivity contribution in [3.63, 3.8) is 0 Å². The molecular formula is C16H17BrClNO. The van der Waals surface area contributed by atoms with Crippen molar-refractivity contribution in [2.24, 2.45) is 0 Å². The summed E-state index contributed by atoms with van der Waals surface area (Å²) >= 11 is 9.64. The number of nitrogens with one attached hydrogen (secondary N) is 1. The predicted octanol–water partition coefficient (Wildman–Crippen LogP) is 4.73. The van der Waals surface area contributed by atoms with Gasteiger partial charge < -0.3 is 10.1 Å². The van der Waals surface area contributed by atoms with E-state index in [9.17, 15) is 0 Å². The first-order chi connectivity index (χ1) is 9.55. The summed E-state index contributed by atoms with van der Waals surface area (Å²) in [4.78, 5) is 0. The fraction of sp³-hybridized carbons (Fsp3) is 0.250. The van der Waals surface area contributed by atoms with E-state index < -0.39 is 0 Å². The Balaban J connectivity index is 2.46. The highest BCUT2D eigenvalue weighted by molar-refractivity contribution is 9.10. The van der Waals surface area contributed by atoms with Crippen LogP contribution < -0.4 is 10.1 Å². The number of halogens is 2. The van der Waals surface area contributed by atoms with Gasteiger partial charge in [-0.2, -0.15) is 0 Å². The third kappa shape index (κ3) is 3.35. The van der Waals surface area contributed by atoms with Gasteiger partial charge in [0.2, 0.25) is 0 Å². The van der Waals surface area contributed by atoms with Crippen molar-refractivity contribution in [3.05, 3.63) is 62.6 Å². The summed E-state index contributed by atoms with van der Waals surface area (Å²) in [5, 5.41) is 4.07. The van der Waals surface area contributed by atoms with Gasteiger partial charge in [0.05, 0.1) is 13.2 Å². The molecule has 4 heteroatoms. The Morgan fingerprint density at radius 3 is 2.50 bits per heavy atom. The molecule has 1 atom stereocenters.